The Hall–Kier alpha value is -3.26. The van der Waals surface area contributed by atoms with Gasteiger partial charge in [0, 0.05) is 42.4 Å². The second kappa shape index (κ2) is 5.88. The minimum Gasteiger partial charge on any atom is -0.323 e. The van der Waals surface area contributed by atoms with E-state index in [4.69, 9.17) is 0 Å². The average Bonchev–Trinajstić information content (AvgIpc) is 3.19. The maximum absolute atomic E-state index is 4.62. The van der Waals surface area contributed by atoms with Gasteiger partial charge in [-0.3, -0.25) is 9.67 Å². The lowest BCUT2D eigenvalue weighted by Gasteiger charge is -2.14. The number of aryl methyl sites for hydroxylation is 1. The fourth-order valence-electron chi connectivity index (χ4n) is 3.43. The van der Waals surface area contributed by atoms with Crippen LogP contribution in [0.25, 0.3) is 16.9 Å². The lowest BCUT2D eigenvalue weighted by Crippen LogP contribution is -2.24. The van der Waals surface area contributed by atoms with Crippen LogP contribution in [0.3, 0.4) is 0 Å². The number of nitrogens with zero attached hydrogens (tertiary/aromatic N) is 6. The number of nitrogens with one attached hydrogen (secondary N) is 2. The normalized spacial score (nSPS) is 15.2. The monoisotopic (exact) mass is 360 g/mol. The highest BCUT2D eigenvalue weighted by atomic mass is 15.4. The molecule has 136 valence electrons. The van der Waals surface area contributed by atoms with E-state index in [1.165, 1.54) is 18.4 Å². The number of hydrogen-bond donors (Lipinski definition) is 2. The van der Waals surface area contributed by atoms with Gasteiger partial charge in [0.2, 0.25) is 5.95 Å². The molecule has 1 aliphatic rings. The number of anilines is 2. The second-order valence-corrected chi connectivity index (χ2v) is 6.92. The molecule has 3 aromatic heterocycles. The van der Waals surface area contributed by atoms with Crippen LogP contribution in [-0.2, 0) is 12.6 Å². The summed E-state index contributed by atoms with van der Waals surface area (Å²) in [7, 11) is 3.90. The van der Waals surface area contributed by atoms with Crippen molar-refractivity contribution in [2.45, 2.75) is 18.4 Å². The van der Waals surface area contributed by atoms with Crippen LogP contribution in [0.5, 0.6) is 0 Å². The van der Waals surface area contributed by atoms with Crippen molar-refractivity contribution in [1.29, 1.82) is 0 Å². The molecule has 1 aliphatic carbocycles. The van der Waals surface area contributed by atoms with E-state index in [0.717, 1.165) is 16.9 Å². The maximum Gasteiger partial charge on any atom is 0.247 e. The molecule has 1 fully saturated rings. The van der Waals surface area contributed by atoms with E-state index in [1.807, 2.05) is 20.3 Å². The van der Waals surface area contributed by atoms with Gasteiger partial charge in [-0.2, -0.15) is 10.1 Å². The quantitative estimate of drug-likeness (QED) is 0.569. The topological polar surface area (TPSA) is 85.0 Å². The van der Waals surface area contributed by atoms with Crippen molar-refractivity contribution >= 4 is 17.3 Å². The molecule has 2 N–H and O–H groups in total. The molecular formula is C19H20N8. The third-order valence-corrected chi connectivity index (χ3v) is 5.16. The van der Waals surface area contributed by atoms with Gasteiger partial charge in [0.25, 0.3) is 0 Å². The molecule has 0 amide bonds. The van der Waals surface area contributed by atoms with Gasteiger partial charge < -0.3 is 10.6 Å². The molecule has 5 rings (SSSR count). The Balaban J connectivity index is 1.44. The zero-order chi connectivity index (χ0) is 18.4. The standard InChI is InChI=1S/C19H20N8/c1-20-19(7-8-19)14-3-5-15(6-4-14)23-18-24-17-16(13-11-22-26(2)12-13)21-9-10-27(17)25-18/h3-6,9-12,20H,7-8H2,1-2H3,(H,23,25). The first-order valence-electron chi connectivity index (χ1n) is 8.94. The smallest absolute Gasteiger partial charge is 0.247 e. The molecule has 8 heteroatoms. The van der Waals surface area contributed by atoms with E-state index in [0.29, 0.717) is 11.6 Å². The minimum atomic E-state index is 0.171. The van der Waals surface area contributed by atoms with Crippen LogP contribution >= 0.6 is 0 Å². The van der Waals surface area contributed by atoms with Crippen LogP contribution in [0.15, 0.2) is 49.1 Å². The summed E-state index contributed by atoms with van der Waals surface area (Å²) in [5, 5.41) is 15.4. The van der Waals surface area contributed by atoms with E-state index in [1.54, 1.807) is 27.8 Å². The van der Waals surface area contributed by atoms with E-state index < -0.39 is 0 Å². The molecule has 0 radical (unpaired) electrons. The minimum absolute atomic E-state index is 0.171. The highest BCUT2D eigenvalue weighted by molar-refractivity contribution is 5.73. The predicted octanol–water partition coefficient (Wildman–Crippen LogP) is 2.48. The molecule has 0 aliphatic heterocycles. The van der Waals surface area contributed by atoms with E-state index in [2.05, 4.69) is 55.1 Å². The Bertz CT molecular complexity index is 1100. The van der Waals surface area contributed by atoms with Crippen LogP contribution < -0.4 is 10.6 Å². The van der Waals surface area contributed by atoms with Crippen molar-refractivity contribution in [3.63, 3.8) is 0 Å². The summed E-state index contributed by atoms with van der Waals surface area (Å²) in [6.07, 6.45) is 9.58. The average molecular weight is 360 g/mol. The number of benzene rings is 1. The highest BCUT2D eigenvalue weighted by Gasteiger charge is 2.42. The van der Waals surface area contributed by atoms with Gasteiger partial charge in [0.15, 0.2) is 5.65 Å². The predicted molar refractivity (Wildman–Crippen MR) is 103 cm³/mol. The largest absolute Gasteiger partial charge is 0.323 e. The van der Waals surface area contributed by atoms with E-state index >= 15 is 0 Å². The molecule has 0 atom stereocenters. The number of aromatic nitrogens is 6. The molecule has 0 saturated heterocycles. The summed E-state index contributed by atoms with van der Waals surface area (Å²) in [5.74, 6) is 0.538. The Labute approximate surface area is 156 Å². The van der Waals surface area contributed by atoms with Crippen LogP contribution in [0, 0.1) is 0 Å². The van der Waals surface area contributed by atoms with Crippen molar-refractivity contribution in [3.8, 4) is 11.3 Å². The number of hydrogen-bond acceptors (Lipinski definition) is 6. The van der Waals surface area contributed by atoms with Crippen molar-refractivity contribution < 1.29 is 0 Å². The lowest BCUT2D eigenvalue weighted by atomic mass is 10.0. The second-order valence-electron chi connectivity index (χ2n) is 6.92. The molecular weight excluding hydrogens is 340 g/mol. The van der Waals surface area contributed by atoms with Crippen molar-refractivity contribution in [3.05, 3.63) is 54.6 Å². The first kappa shape index (κ1) is 16.0. The van der Waals surface area contributed by atoms with Crippen LogP contribution in [0.4, 0.5) is 11.6 Å². The fraction of sp³-hybridized carbons (Fsp3) is 0.263. The molecule has 27 heavy (non-hydrogen) atoms. The summed E-state index contributed by atoms with van der Waals surface area (Å²) >= 11 is 0. The molecule has 1 saturated carbocycles. The van der Waals surface area contributed by atoms with Crippen molar-refractivity contribution in [2.24, 2.45) is 7.05 Å². The van der Waals surface area contributed by atoms with Crippen LogP contribution in [0.2, 0.25) is 0 Å². The fourth-order valence-corrected chi connectivity index (χ4v) is 3.43. The molecule has 1 aromatic carbocycles. The van der Waals surface area contributed by atoms with E-state index in [9.17, 15) is 0 Å². The molecule has 0 spiro atoms. The van der Waals surface area contributed by atoms with Gasteiger partial charge >= 0.3 is 0 Å². The Morgan fingerprint density at radius 1 is 1.15 bits per heavy atom. The number of fused-ring (bicyclic) bond motifs is 1. The van der Waals surface area contributed by atoms with Crippen LogP contribution in [-0.4, -0.2) is 36.4 Å². The van der Waals surface area contributed by atoms with Gasteiger partial charge in [-0.05, 0) is 37.6 Å². The molecule has 3 heterocycles. The lowest BCUT2D eigenvalue weighted by molar-refractivity contribution is 0.586. The van der Waals surface area contributed by atoms with E-state index in [-0.39, 0.29) is 5.54 Å². The summed E-state index contributed by atoms with van der Waals surface area (Å²) < 4.78 is 3.47. The van der Waals surface area contributed by atoms with Gasteiger partial charge in [0.1, 0.15) is 5.69 Å². The Morgan fingerprint density at radius 2 is 1.96 bits per heavy atom. The van der Waals surface area contributed by atoms with Gasteiger partial charge in [-0.25, -0.2) is 4.52 Å². The molecule has 8 nitrogen and oxygen atoms in total. The summed E-state index contributed by atoms with van der Waals surface area (Å²) in [5.41, 5.74) is 4.81. The van der Waals surface area contributed by atoms with Crippen molar-refractivity contribution in [1.82, 2.24) is 34.7 Å². The highest BCUT2D eigenvalue weighted by Crippen LogP contribution is 2.45. The first-order chi connectivity index (χ1) is 13.2. The molecule has 0 bridgehead atoms. The Morgan fingerprint density at radius 3 is 2.63 bits per heavy atom. The molecule has 0 unspecified atom stereocenters. The van der Waals surface area contributed by atoms with Gasteiger partial charge in [0.05, 0.1) is 6.20 Å². The molecule has 4 aromatic rings. The zero-order valence-corrected chi connectivity index (χ0v) is 15.2. The third-order valence-electron chi connectivity index (χ3n) is 5.16. The third kappa shape index (κ3) is 2.74. The first-order valence-corrected chi connectivity index (χ1v) is 8.94. The van der Waals surface area contributed by atoms with Gasteiger partial charge in [-0.15, -0.1) is 5.10 Å². The summed E-state index contributed by atoms with van der Waals surface area (Å²) in [4.78, 5) is 9.08. The zero-order valence-electron chi connectivity index (χ0n) is 15.2. The van der Waals surface area contributed by atoms with Crippen LogP contribution in [0.1, 0.15) is 18.4 Å². The summed E-state index contributed by atoms with van der Waals surface area (Å²) in [6, 6.07) is 8.45. The maximum atomic E-state index is 4.62. The van der Waals surface area contributed by atoms with Gasteiger partial charge in [-0.1, -0.05) is 12.1 Å². The summed E-state index contributed by atoms with van der Waals surface area (Å²) in [6.45, 7) is 0. The number of rotatable bonds is 5. The SMILES string of the molecule is CNC1(c2ccc(Nc3nc4c(-c5cnn(C)c5)nccn4n3)cc2)CC1. The van der Waals surface area contributed by atoms with Crippen molar-refractivity contribution in [2.75, 3.05) is 12.4 Å². The Kier molecular flexibility index (Phi) is 3.48.